The lowest BCUT2D eigenvalue weighted by Gasteiger charge is -2.29. The molecular weight excluding hydrogens is 360 g/mol. The number of nitrogens with one attached hydrogen (secondary N) is 1. The summed E-state index contributed by atoms with van der Waals surface area (Å²) in [6.45, 7) is 3.25. The maximum absolute atomic E-state index is 12.0. The maximum Gasteiger partial charge on any atom is 0.350 e. The van der Waals surface area contributed by atoms with Crippen LogP contribution < -0.4 is 10.1 Å². The van der Waals surface area contributed by atoms with Crippen LogP contribution in [0.2, 0.25) is 0 Å². The van der Waals surface area contributed by atoms with E-state index in [9.17, 15) is 14.9 Å². The molecule has 0 aliphatic carbocycles. The van der Waals surface area contributed by atoms with Crippen molar-refractivity contribution in [2.75, 3.05) is 5.32 Å². The summed E-state index contributed by atoms with van der Waals surface area (Å²) in [5, 5.41) is 12.1. The highest BCUT2D eigenvalue weighted by molar-refractivity contribution is 6.15. The number of anilines is 1. The van der Waals surface area contributed by atoms with Crippen LogP contribution in [-0.4, -0.2) is 17.7 Å². The van der Waals surface area contributed by atoms with Crippen molar-refractivity contribution in [3.63, 3.8) is 0 Å². The molecule has 7 heteroatoms. The summed E-state index contributed by atoms with van der Waals surface area (Å²) in [6, 6.07) is 16.4. The van der Waals surface area contributed by atoms with E-state index in [1.807, 2.05) is 30.3 Å². The van der Waals surface area contributed by atoms with E-state index in [0.717, 1.165) is 5.56 Å². The van der Waals surface area contributed by atoms with Crippen molar-refractivity contribution < 1.29 is 23.8 Å². The van der Waals surface area contributed by atoms with Gasteiger partial charge >= 0.3 is 11.9 Å². The van der Waals surface area contributed by atoms with Crippen LogP contribution in [0.3, 0.4) is 0 Å². The normalized spacial score (nSPS) is 15.1. The molecule has 0 aromatic heterocycles. The number of carbonyl (C=O) groups is 2. The van der Waals surface area contributed by atoms with Gasteiger partial charge in [-0.15, -0.1) is 0 Å². The van der Waals surface area contributed by atoms with Gasteiger partial charge in [-0.25, -0.2) is 9.59 Å². The van der Waals surface area contributed by atoms with Gasteiger partial charge in [0.2, 0.25) is 0 Å². The van der Waals surface area contributed by atoms with E-state index >= 15 is 0 Å². The van der Waals surface area contributed by atoms with Gasteiger partial charge in [-0.2, -0.15) is 5.26 Å². The molecule has 1 saturated heterocycles. The molecule has 0 bridgehead atoms. The molecule has 142 valence electrons. The fourth-order valence-corrected chi connectivity index (χ4v) is 2.49. The van der Waals surface area contributed by atoms with Gasteiger partial charge in [-0.1, -0.05) is 30.3 Å². The molecule has 0 amide bonds. The summed E-state index contributed by atoms with van der Waals surface area (Å²) in [4.78, 5) is 23.9. The second kappa shape index (κ2) is 7.84. The summed E-state index contributed by atoms with van der Waals surface area (Å²) in [6.07, 6.45) is 1.21. The van der Waals surface area contributed by atoms with Crippen molar-refractivity contribution in [2.24, 2.45) is 0 Å². The molecule has 2 aromatic carbocycles. The van der Waals surface area contributed by atoms with Gasteiger partial charge in [0, 0.05) is 31.8 Å². The number of rotatable bonds is 5. The van der Waals surface area contributed by atoms with Crippen LogP contribution >= 0.6 is 0 Å². The van der Waals surface area contributed by atoms with E-state index in [1.165, 1.54) is 20.0 Å². The monoisotopic (exact) mass is 378 g/mol. The summed E-state index contributed by atoms with van der Waals surface area (Å²) >= 11 is 0. The number of cyclic esters (lactones) is 2. The van der Waals surface area contributed by atoms with Crippen molar-refractivity contribution in [2.45, 2.75) is 26.2 Å². The Morgan fingerprint density at radius 2 is 1.79 bits per heavy atom. The standard InChI is InChI=1S/C21H18N2O5/c1-21(2)27-19(24)17(20(25)28-21)12-23-16-9-8-15(11-22)18(10-16)26-13-14-6-4-3-5-7-14/h3-10,12,23H,13H2,1-2H3. The van der Waals surface area contributed by atoms with Crippen molar-refractivity contribution in [3.05, 3.63) is 71.4 Å². The van der Waals surface area contributed by atoms with Gasteiger partial charge in [-0.3, -0.25) is 0 Å². The first-order chi connectivity index (χ1) is 13.4. The molecule has 3 rings (SSSR count). The maximum atomic E-state index is 12.0. The number of carbonyl (C=O) groups excluding carboxylic acids is 2. The Morgan fingerprint density at radius 3 is 2.43 bits per heavy atom. The summed E-state index contributed by atoms with van der Waals surface area (Å²) in [5.41, 5.74) is 1.60. The van der Waals surface area contributed by atoms with Crippen LogP contribution in [0.1, 0.15) is 25.0 Å². The van der Waals surface area contributed by atoms with Crippen LogP contribution in [-0.2, 0) is 25.7 Å². The molecule has 7 nitrogen and oxygen atoms in total. The number of nitriles is 1. The third kappa shape index (κ3) is 4.48. The number of ether oxygens (including phenoxy) is 3. The van der Waals surface area contributed by atoms with E-state index in [1.54, 1.807) is 18.2 Å². The van der Waals surface area contributed by atoms with Gasteiger partial charge in [0.15, 0.2) is 5.57 Å². The molecule has 0 unspecified atom stereocenters. The van der Waals surface area contributed by atoms with Gasteiger partial charge in [0.05, 0.1) is 5.56 Å². The Bertz CT molecular complexity index is 952. The van der Waals surface area contributed by atoms with Crippen molar-refractivity contribution in [3.8, 4) is 11.8 Å². The second-order valence-corrected chi connectivity index (χ2v) is 6.48. The Hall–Kier alpha value is -3.79. The Morgan fingerprint density at radius 1 is 1.11 bits per heavy atom. The topological polar surface area (TPSA) is 97.6 Å². The highest BCUT2D eigenvalue weighted by Crippen LogP contribution is 2.26. The number of hydrogen-bond donors (Lipinski definition) is 1. The van der Waals surface area contributed by atoms with Gasteiger partial charge in [0.25, 0.3) is 5.79 Å². The molecule has 2 aromatic rings. The Balaban J connectivity index is 1.75. The minimum absolute atomic E-state index is 0.254. The zero-order valence-corrected chi connectivity index (χ0v) is 15.4. The van der Waals surface area contributed by atoms with E-state index in [0.29, 0.717) is 23.6 Å². The van der Waals surface area contributed by atoms with Crippen LogP contribution in [0, 0.1) is 11.3 Å². The third-order valence-electron chi connectivity index (χ3n) is 3.84. The zero-order chi connectivity index (χ0) is 20.1. The first kappa shape index (κ1) is 19.0. The summed E-state index contributed by atoms with van der Waals surface area (Å²) < 4.78 is 15.8. The minimum Gasteiger partial charge on any atom is -0.487 e. The first-order valence-corrected chi connectivity index (χ1v) is 8.52. The zero-order valence-electron chi connectivity index (χ0n) is 15.4. The molecular formula is C21H18N2O5. The average Bonchev–Trinajstić information content (AvgIpc) is 2.65. The van der Waals surface area contributed by atoms with Crippen LogP contribution in [0.5, 0.6) is 5.75 Å². The predicted octanol–water partition coefficient (Wildman–Crippen LogP) is 3.27. The number of benzene rings is 2. The molecule has 1 fully saturated rings. The fourth-order valence-electron chi connectivity index (χ4n) is 2.49. The van der Waals surface area contributed by atoms with Crippen LogP contribution in [0.25, 0.3) is 0 Å². The fraction of sp³-hybridized carbons (Fsp3) is 0.190. The molecule has 28 heavy (non-hydrogen) atoms. The van der Waals surface area contributed by atoms with Crippen LogP contribution in [0.15, 0.2) is 60.3 Å². The third-order valence-corrected chi connectivity index (χ3v) is 3.84. The number of hydrogen-bond acceptors (Lipinski definition) is 7. The predicted molar refractivity (Wildman–Crippen MR) is 99.9 cm³/mol. The molecule has 0 spiro atoms. The lowest BCUT2D eigenvalue weighted by molar-refractivity contribution is -0.222. The molecule has 1 N–H and O–H groups in total. The van der Waals surface area contributed by atoms with Crippen molar-refractivity contribution in [1.82, 2.24) is 0 Å². The van der Waals surface area contributed by atoms with Crippen LogP contribution in [0.4, 0.5) is 5.69 Å². The van der Waals surface area contributed by atoms with E-state index < -0.39 is 17.7 Å². The summed E-state index contributed by atoms with van der Waals surface area (Å²) in [5.74, 6) is -2.46. The first-order valence-electron chi connectivity index (χ1n) is 8.52. The van der Waals surface area contributed by atoms with Gasteiger partial charge < -0.3 is 19.5 Å². The lowest BCUT2D eigenvalue weighted by Crippen LogP contribution is -2.42. The highest BCUT2D eigenvalue weighted by Gasteiger charge is 2.38. The summed E-state index contributed by atoms with van der Waals surface area (Å²) in [7, 11) is 0. The SMILES string of the molecule is CC1(C)OC(=O)C(=CNc2ccc(C#N)c(OCc3ccccc3)c2)C(=O)O1. The molecule has 1 aliphatic heterocycles. The number of nitrogens with zero attached hydrogens (tertiary/aromatic N) is 1. The second-order valence-electron chi connectivity index (χ2n) is 6.48. The van der Waals surface area contributed by atoms with E-state index in [-0.39, 0.29) is 5.57 Å². The largest absolute Gasteiger partial charge is 0.487 e. The highest BCUT2D eigenvalue weighted by atomic mass is 16.7. The van der Waals surface area contributed by atoms with Crippen molar-refractivity contribution in [1.29, 1.82) is 5.26 Å². The van der Waals surface area contributed by atoms with Gasteiger partial charge in [-0.05, 0) is 17.7 Å². The van der Waals surface area contributed by atoms with E-state index in [2.05, 4.69) is 11.4 Å². The quantitative estimate of drug-likeness (QED) is 0.484. The molecule has 1 aliphatic rings. The molecule has 0 atom stereocenters. The lowest BCUT2D eigenvalue weighted by atomic mass is 10.2. The smallest absolute Gasteiger partial charge is 0.350 e. The van der Waals surface area contributed by atoms with Crippen molar-refractivity contribution >= 4 is 17.6 Å². The van der Waals surface area contributed by atoms with E-state index in [4.69, 9.17) is 14.2 Å². The minimum atomic E-state index is -1.29. The Labute approximate surface area is 162 Å². The average molecular weight is 378 g/mol. The Kier molecular flexibility index (Phi) is 5.32. The molecule has 1 heterocycles. The molecule has 0 saturated carbocycles. The molecule has 0 radical (unpaired) electrons. The number of esters is 2. The van der Waals surface area contributed by atoms with Gasteiger partial charge in [0.1, 0.15) is 18.4 Å².